The number of rotatable bonds is 0. The van der Waals surface area contributed by atoms with Gasteiger partial charge in [-0.2, -0.15) is 5.10 Å². The molecular weight excluding hydrogens is 364 g/mol. The standard InChI is InChI=1S/C16H22N2O5S2/c1-8-4-5-10-11-16(19,25-13(24-3)18-17-11)21-12-15(10)9(8)6-7-14(2,20-12)22-23-15/h8-10,12,19H,4-7H2,1-3H3/t8-,9+,10+,12+,14-,15-,16?/m1/s1. The number of fused-ring (bicyclic) bond motifs is 4. The highest BCUT2D eigenvalue weighted by molar-refractivity contribution is 8.39. The highest BCUT2D eigenvalue weighted by Crippen LogP contribution is 2.61. The summed E-state index contributed by atoms with van der Waals surface area (Å²) in [6, 6.07) is 0. The summed E-state index contributed by atoms with van der Waals surface area (Å²) in [6.07, 6.45) is 4.77. The third kappa shape index (κ3) is 2.20. The zero-order valence-corrected chi connectivity index (χ0v) is 16.1. The molecule has 7 atom stereocenters. The molecule has 9 heteroatoms. The Labute approximate surface area is 154 Å². The fourth-order valence-electron chi connectivity index (χ4n) is 5.00. The van der Waals surface area contributed by atoms with Crippen LogP contribution in [0.3, 0.4) is 0 Å². The van der Waals surface area contributed by atoms with Crippen molar-refractivity contribution in [1.29, 1.82) is 0 Å². The Morgan fingerprint density at radius 2 is 2.04 bits per heavy atom. The van der Waals surface area contributed by atoms with Gasteiger partial charge in [-0.05, 0) is 56.0 Å². The van der Waals surface area contributed by atoms with E-state index in [9.17, 15) is 5.11 Å². The van der Waals surface area contributed by atoms with E-state index in [0.717, 1.165) is 25.7 Å². The lowest BCUT2D eigenvalue weighted by Gasteiger charge is -2.59. The van der Waals surface area contributed by atoms with E-state index >= 15 is 0 Å². The SMILES string of the molecule is CSC1=NN=C2[C@@H]3CC[C@@H](C)[C@@H]4CC[C@@]5(C)OO[C@@]34[C@H](OC2(O)S1)O5. The van der Waals surface area contributed by atoms with Gasteiger partial charge in [-0.15, -0.1) is 16.9 Å². The summed E-state index contributed by atoms with van der Waals surface area (Å²) in [7, 11) is 0. The van der Waals surface area contributed by atoms with Gasteiger partial charge in [0.05, 0.1) is 0 Å². The van der Waals surface area contributed by atoms with Crippen LogP contribution >= 0.6 is 23.5 Å². The van der Waals surface area contributed by atoms with Gasteiger partial charge < -0.3 is 14.6 Å². The quantitative estimate of drug-likeness (QED) is 0.641. The molecule has 0 aromatic carbocycles. The van der Waals surface area contributed by atoms with Gasteiger partial charge in [0.25, 0.3) is 5.12 Å². The number of hydrogen-bond donors (Lipinski definition) is 1. The van der Waals surface area contributed by atoms with Gasteiger partial charge >= 0.3 is 0 Å². The fraction of sp³-hybridized carbons (Fsp3) is 0.875. The van der Waals surface area contributed by atoms with Crippen LogP contribution in [0.4, 0.5) is 0 Å². The largest absolute Gasteiger partial charge is 0.352 e. The molecule has 1 saturated carbocycles. The first-order chi connectivity index (χ1) is 11.9. The fourth-order valence-corrected chi connectivity index (χ4v) is 6.54. The van der Waals surface area contributed by atoms with Crippen LogP contribution in [0.2, 0.25) is 0 Å². The summed E-state index contributed by atoms with van der Waals surface area (Å²) in [5.41, 5.74) is -0.243. The normalized spacial score (nSPS) is 54.1. The molecule has 5 aliphatic heterocycles. The van der Waals surface area contributed by atoms with Crippen molar-refractivity contribution in [3.63, 3.8) is 0 Å². The lowest BCUT2D eigenvalue weighted by Crippen LogP contribution is -2.73. The van der Waals surface area contributed by atoms with Crippen LogP contribution in [0.1, 0.15) is 39.5 Å². The Hall–Kier alpha value is -0.160. The molecule has 0 aromatic rings. The molecule has 1 spiro atoms. The number of aliphatic hydroxyl groups is 1. The molecule has 5 fully saturated rings. The minimum atomic E-state index is -1.56. The van der Waals surface area contributed by atoms with Crippen LogP contribution in [-0.4, -0.2) is 44.2 Å². The summed E-state index contributed by atoms with van der Waals surface area (Å²) >= 11 is 2.63. The van der Waals surface area contributed by atoms with Crippen LogP contribution in [0.25, 0.3) is 0 Å². The summed E-state index contributed by atoms with van der Waals surface area (Å²) in [5, 5.41) is 18.3. The average molecular weight is 386 g/mol. The molecule has 6 rings (SSSR count). The number of ether oxygens (including phenoxy) is 2. The Bertz CT molecular complexity index is 675. The zero-order chi connectivity index (χ0) is 17.4. The smallest absolute Gasteiger partial charge is 0.268 e. The van der Waals surface area contributed by atoms with Gasteiger partial charge in [0, 0.05) is 12.3 Å². The average Bonchev–Trinajstić information content (AvgIpc) is 2.80. The van der Waals surface area contributed by atoms with Gasteiger partial charge in [0.15, 0.2) is 16.3 Å². The highest BCUT2D eigenvalue weighted by atomic mass is 32.2. The van der Waals surface area contributed by atoms with E-state index in [-0.39, 0.29) is 11.8 Å². The molecule has 1 N–H and O–H groups in total. The maximum absolute atomic E-state index is 11.2. The van der Waals surface area contributed by atoms with Crippen molar-refractivity contribution in [1.82, 2.24) is 0 Å². The maximum atomic E-state index is 11.2. The first-order valence-corrected chi connectivity index (χ1v) is 10.8. The monoisotopic (exact) mass is 386 g/mol. The molecule has 5 heterocycles. The minimum Gasteiger partial charge on any atom is -0.352 e. The lowest BCUT2D eigenvalue weighted by atomic mass is 9.60. The first kappa shape index (κ1) is 17.0. The third-order valence-electron chi connectivity index (χ3n) is 6.28. The predicted octanol–water partition coefficient (Wildman–Crippen LogP) is 2.70. The van der Waals surface area contributed by atoms with Crippen LogP contribution in [0.15, 0.2) is 10.2 Å². The second-order valence-corrected chi connectivity index (χ2v) is 9.91. The number of hydrogen-bond acceptors (Lipinski definition) is 9. The molecule has 1 aliphatic carbocycles. The summed E-state index contributed by atoms with van der Waals surface area (Å²) in [5.74, 6) is -0.301. The van der Waals surface area contributed by atoms with E-state index in [2.05, 4.69) is 17.1 Å². The molecule has 1 unspecified atom stereocenters. The second kappa shape index (κ2) is 5.43. The van der Waals surface area contributed by atoms with Gasteiger partial charge in [-0.1, -0.05) is 6.92 Å². The van der Waals surface area contributed by atoms with Gasteiger partial charge in [-0.25, -0.2) is 9.78 Å². The van der Waals surface area contributed by atoms with Crippen LogP contribution in [0.5, 0.6) is 0 Å². The lowest BCUT2D eigenvalue weighted by molar-refractivity contribution is -0.564. The topological polar surface area (TPSA) is 81.9 Å². The van der Waals surface area contributed by atoms with Gasteiger partial charge in [0.1, 0.15) is 5.71 Å². The highest BCUT2D eigenvalue weighted by Gasteiger charge is 2.72. The third-order valence-corrected chi connectivity index (χ3v) is 8.30. The van der Waals surface area contributed by atoms with Gasteiger partial charge in [0.2, 0.25) is 5.79 Å². The molecule has 6 aliphatic rings. The van der Waals surface area contributed by atoms with Crippen molar-refractivity contribution < 1.29 is 24.4 Å². The second-order valence-electron chi connectivity index (χ2n) is 7.71. The van der Waals surface area contributed by atoms with Crippen molar-refractivity contribution in [3.05, 3.63) is 0 Å². The molecule has 4 saturated heterocycles. The van der Waals surface area contributed by atoms with Crippen LogP contribution in [0, 0.1) is 17.8 Å². The first-order valence-electron chi connectivity index (χ1n) is 8.74. The minimum absolute atomic E-state index is 0.139. The van der Waals surface area contributed by atoms with E-state index in [0.29, 0.717) is 16.0 Å². The van der Waals surface area contributed by atoms with E-state index in [1.54, 1.807) is 0 Å². The van der Waals surface area contributed by atoms with E-state index in [1.807, 2.05) is 13.2 Å². The predicted molar refractivity (Wildman–Crippen MR) is 94.8 cm³/mol. The van der Waals surface area contributed by atoms with Crippen LogP contribution < -0.4 is 0 Å². The molecule has 138 valence electrons. The Morgan fingerprint density at radius 1 is 1.20 bits per heavy atom. The molecule has 0 radical (unpaired) electrons. The van der Waals surface area contributed by atoms with Crippen molar-refractivity contribution in [3.8, 4) is 0 Å². The van der Waals surface area contributed by atoms with E-state index in [1.165, 1.54) is 23.5 Å². The zero-order valence-electron chi connectivity index (χ0n) is 14.4. The molecule has 0 aromatic heterocycles. The van der Waals surface area contributed by atoms with Crippen LogP contribution in [-0.2, 0) is 19.2 Å². The van der Waals surface area contributed by atoms with Crippen molar-refractivity contribution in [2.75, 3.05) is 6.26 Å². The molecule has 2 bridgehead atoms. The number of nitrogens with zero attached hydrogens (tertiary/aromatic N) is 2. The molecular formula is C16H22N2O5S2. The van der Waals surface area contributed by atoms with Crippen molar-refractivity contribution in [2.45, 2.75) is 62.3 Å². The Balaban J connectivity index is 1.66. The number of thioether (sulfide) groups is 2. The Morgan fingerprint density at radius 3 is 2.84 bits per heavy atom. The molecule has 25 heavy (non-hydrogen) atoms. The van der Waals surface area contributed by atoms with Crippen molar-refractivity contribution in [2.24, 2.45) is 28.0 Å². The van der Waals surface area contributed by atoms with Crippen molar-refractivity contribution >= 4 is 33.6 Å². The maximum Gasteiger partial charge on any atom is 0.268 e. The summed E-state index contributed by atoms with van der Waals surface area (Å²) in [6.45, 7) is 4.12. The Kier molecular flexibility index (Phi) is 3.69. The molecule has 0 amide bonds. The summed E-state index contributed by atoms with van der Waals surface area (Å²) < 4.78 is 13.0. The van der Waals surface area contributed by atoms with Gasteiger partial charge in [-0.3, -0.25) is 0 Å². The summed E-state index contributed by atoms with van der Waals surface area (Å²) in [4.78, 5) is 11.8. The van der Waals surface area contributed by atoms with E-state index in [4.69, 9.17) is 19.2 Å². The van der Waals surface area contributed by atoms with E-state index < -0.39 is 22.8 Å². The molecule has 7 nitrogen and oxygen atoms in total.